The van der Waals surface area contributed by atoms with Gasteiger partial charge in [-0.3, -0.25) is 10.2 Å². The first kappa shape index (κ1) is 18.7. The molecule has 0 aliphatic carbocycles. The lowest BCUT2D eigenvalue weighted by molar-refractivity contribution is -0.123. The van der Waals surface area contributed by atoms with Gasteiger partial charge in [0, 0.05) is 16.7 Å². The van der Waals surface area contributed by atoms with Crippen LogP contribution in [0.4, 0.5) is 5.69 Å². The van der Waals surface area contributed by atoms with Crippen molar-refractivity contribution in [1.82, 2.24) is 0 Å². The molecule has 0 spiro atoms. The lowest BCUT2D eigenvalue weighted by Gasteiger charge is -2.19. The predicted octanol–water partition coefficient (Wildman–Crippen LogP) is 4.69. The smallest absolute Gasteiger partial charge is 0.229 e. The van der Waals surface area contributed by atoms with Gasteiger partial charge in [0.15, 0.2) is 0 Å². The van der Waals surface area contributed by atoms with E-state index in [1.807, 2.05) is 66.0 Å². The standard InChI is InChI=1S/C14H20N2OS.C2H6/c1-9-6-7-10(12(15)18-5)8-11(9)16-13(17)14(2,3)4;1-2/h6-8,15H,1-5H3,(H,16,17);1-2H3. The third-order valence-corrected chi connectivity index (χ3v) is 3.28. The van der Waals surface area contributed by atoms with Crippen LogP contribution >= 0.6 is 11.8 Å². The van der Waals surface area contributed by atoms with Gasteiger partial charge in [-0.15, -0.1) is 11.8 Å². The quantitative estimate of drug-likeness (QED) is 0.614. The van der Waals surface area contributed by atoms with Gasteiger partial charge in [-0.05, 0) is 24.8 Å². The lowest BCUT2D eigenvalue weighted by atomic mass is 9.95. The van der Waals surface area contributed by atoms with E-state index in [9.17, 15) is 4.79 Å². The maximum absolute atomic E-state index is 12.0. The van der Waals surface area contributed by atoms with Crippen LogP contribution in [0.5, 0.6) is 0 Å². The van der Waals surface area contributed by atoms with Gasteiger partial charge < -0.3 is 5.32 Å². The number of carbonyl (C=O) groups is 1. The summed E-state index contributed by atoms with van der Waals surface area (Å²) in [5.74, 6) is -0.0153. The minimum atomic E-state index is -0.421. The van der Waals surface area contributed by atoms with Crippen molar-refractivity contribution < 1.29 is 4.79 Å². The van der Waals surface area contributed by atoms with Crippen LogP contribution < -0.4 is 5.32 Å². The summed E-state index contributed by atoms with van der Waals surface area (Å²) in [7, 11) is 0. The first-order valence-corrected chi connectivity index (χ1v) is 8.03. The number of hydrogen-bond acceptors (Lipinski definition) is 3. The molecular formula is C16H26N2OS. The Kier molecular flexibility index (Phi) is 7.58. The van der Waals surface area contributed by atoms with Crippen LogP contribution in [-0.4, -0.2) is 17.2 Å². The molecule has 1 amide bonds. The number of aryl methyl sites for hydroxylation is 1. The van der Waals surface area contributed by atoms with Crippen molar-refractivity contribution in [3.05, 3.63) is 29.3 Å². The van der Waals surface area contributed by atoms with E-state index in [1.54, 1.807) is 0 Å². The number of benzene rings is 1. The minimum absolute atomic E-state index is 0.0153. The molecule has 1 aromatic carbocycles. The largest absolute Gasteiger partial charge is 0.325 e. The van der Waals surface area contributed by atoms with Gasteiger partial charge in [0.05, 0.1) is 5.04 Å². The molecule has 4 heteroatoms. The predicted molar refractivity (Wildman–Crippen MR) is 91.0 cm³/mol. The van der Waals surface area contributed by atoms with E-state index in [0.717, 1.165) is 16.8 Å². The van der Waals surface area contributed by atoms with E-state index in [-0.39, 0.29) is 5.91 Å². The van der Waals surface area contributed by atoms with Gasteiger partial charge in [-0.25, -0.2) is 0 Å². The summed E-state index contributed by atoms with van der Waals surface area (Å²) < 4.78 is 0. The van der Waals surface area contributed by atoms with E-state index in [1.165, 1.54) is 11.8 Å². The number of rotatable bonds is 2. The van der Waals surface area contributed by atoms with Gasteiger partial charge in [0.1, 0.15) is 0 Å². The second kappa shape index (κ2) is 8.10. The number of hydrogen-bond donors (Lipinski definition) is 2. The molecule has 3 nitrogen and oxygen atoms in total. The fourth-order valence-electron chi connectivity index (χ4n) is 1.33. The molecule has 20 heavy (non-hydrogen) atoms. The Hall–Kier alpha value is -1.29. The van der Waals surface area contributed by atoms with Crippen molar-refractivity contribution in [1.29, 1.82) is 5.41 Å². The van der Waals surface area contributed by atoms with Crippen molar-refractivity contribution >= 4 is 28.4 Å². The van der Waals surface area contributed by atoms with Crippen LogP contribution in [0, 0.1) is 17.7 Å². The van der Waals surface area contributed by atoms with Crippen molar-refractivity contribution in [2.45, 2.75) is 41.5 Å². The highest BCUT2D eigenvalue weighted by molar-refractivity contribution is 8.13. The van der Waals surface area contributed by atoms with Gasteiger partial charge >= 0.3 is 0 Å². The normalized spacial score (nSPS) is 10.3. The fraction of sp³-hybridized carbons (Fsp3) is 0.500. The zero-order valence-corrected chi connectivity index (χ0v) is 14.4. The summed E-state index contributed by atoms with van der Waals surface area (Å²) in [6.45, 7) is 11.6. The number of carbonyl (C=O) groups excluding carboxylic acids is 1. The van der Waals surface area contributed by atoms with Crippen LogP contribution in [-0.2, 0) is 4.79 Å². The van der Waals surface area contributed by atoms with E-state index in [4.69, 9.17) is 5.41 Å². The lowest BCUT2D eigenvalue weighted by Crippen LogP contribution is -2.28. The molecule has 0 atom stereocenters. The summed E-state index contributed by atoms with van der Waals surface area (Å²) in [6.07, 6.45) is 1.87. The van der Waals surface area contributed by atoms with E-state index in [0.29, 0.717) is 5.04 Å². The zero-order chi connectivity index (χ0) is 15.9. The third-order valence-electron chi connectivity index (χ3n) is 2.63. The number of nitrogens with one attached hydrogen (secondary N) is 2. The van der Waals surface area contributed by atoms with Crippen molar-refractivity contribution in [2.75, 3.05) is 11.6 Å². The third kappa shape index (κ3) is 5.37. The molecule has 0 radical (unpaired) electrons. The Balaban J connectivity index is 0.00000172. The Bertz CT molecular complexity index is 476. The molecule has 0 aliphatic rings. The van der Waals surface area contributed by atoms with E-state index >= 15 is 0 Å². The van der Waals surface area contributed by atoms with Crippen LogP contribution in [0.3, 0.4) is 0 Å². The average Bonchev–Trinajstić information content (AvgIpc) is 2.41. The maximum Gasteiger partial charge on any atom is 0.229 e. The fourth-order valence-corrected chi connectivity index (χ4v) is 1.69. The first-order chi connectivity index (χ1) is 9.25. The summed E-state index contributed by atoms with van der Waals surface area (Å²) in [5.41, 5.74) is 2.20. The van der Waals surface area contributed by atoms with Crippen LogP contribution in [0.1, 0.15) is 45.7 Å². The van der Waals surface area contributed by atoms with Gasteiger partial charge in [0.2, 0.25) is 5.91 Å². The number of amides is 1. The molecule has 0 saturated carbocycles. The highest BCUT2D eigenvalue weighted by Gasteiger charge is 2.21. The molecule has 0 aliphatic heterocycles. The topological polar surface area (TPSA) is 53.0 Å². The molecule has 0 heterocycles. The highest BCUT2D eigenvalue weighted by Crippen LogP contribution is 2.22. The number of thioether (sulfide) groups is 1. The SMILES string of the molecule is CC.CSC(=N)c1ccc(C)c(NC(=O)C(C)(C)C)c1. The number of anilines is 1. The molecule has 0 bridgehead atoms. The summed E-state index contributed by atoms with van der Waals surface area (Å²) in [4.78, 5) is 12.0. The van der Waals surface area contributed by atoms with Crippen LogP contribution in [0.25, 0.3) is 0 Å². The van der Waals surface area contributed by atoms with Gasteiger partial charge in [-0.2, -0.15) is 0 Å². The molecule has 1 aromatic rings. The Labute approximate surface area is 127 Å². The molecule has 1 rings (SSSR count). The summed E-state index contributed by atoms with van der Waals surface area (Å²) in [6, 6.07) is 5.69. The Morgan fingerprint density at radius 3 is 2.25 bits per heavy atom. The minimum Gasteiger partial charge on any atom is -0.325 e. The van der Waals surface area contributed by atoms with E-state index in [2.05, 4.69) is 5.32 Å². The van der Waals surface area contributed by atoms with E-state index < -0.39 is 5.41 Å². The summed E-state index contributed by atoms with van der Waals surface area (Å²) >= 11 is 1.39. The molecule has 0 unspecified atom stereocenters. The Morgan fingerprint density at radius 2 is 1.80 bits per heavy atom. The second-order valence-electron chi connectivity index (χ2n) is 5.27. The monoisotopic (exact) mass is 294 g/mol. The molecule has 0 aromatic heterocycles. The van der Waals surface area contributed by atoms with Gasteiger partial charge in [-0.1, -0.05) is 46.8 Å². The molecular weight excluding hydrogens is 268 g/mol. The highest BCUT2D eigenvalue weighted by atomic mass is 32.2. The van der Waals surface area contributed by atoms with Crippen molar-refractivity contribution in [3.8, 4) is 0 Å². The van der Waals surface area contributed by atoms with Crippen LogP contribution in [0.2, 0.25) is 0 Å². The van der Waals surface area contributed by atoms with Crippen molar-refractivity contribution in [3.63, 3.8) is 0 Å². The second-order valence-corrected chi connectivity index (χ2v) is 6.08. The summed E-state index contributed by atoms with van der Waals surface area (Å²) in [5, 5.41) is 11.2. The zero-order valence-electron chi connectivity index (χ0n) is 13.5. The Morgan fingerprint density at radius 1 is 1.25 bits per heavy atom. The van der Waals surface area contributed by atoms with Crippen LogP contribution in [0.15, 0.2) is 18.2 Å². The molecule has 0 fully saturated rings. The maximum atomic E-state index is 12.0. The first-order valence-electron chi connectivity index (χ1n) is 6.80. The molecule has 112 valence electrons. The van der Waals surface area contributed by atoms with Gasteiger partial charge in [0.25, 0.3) is 0 Å². The molecule has 2 N–H and O–H groups in total. The molecule has 0 saturated heterocycles. The van der Waals surface area contributed by atoms with Crippen molar-refractivity contribution in [2.24, 2.45) is 5.41 Å². The average molecular weight is 294 g/mol.